The van der Waals surface area contributed by atoms with Crippen molar-refractivity contribution in [3.8, 4) is 0 Å². The Morgan fingerprint density at radius 2 is 2.00 bits per heavy atom. The minimum atomic E-state index is 0.247. The third kappa shape index (κ3) is 5.68. The second-order valence-corrected chi connectivity index (χ2v) is 8.85. The van der Waals surface area contributed by atoms with Crippen LogP contribution in [0.3, 0.4) is 0 Å². The van der Waals surface area contributed by atoms with E-state index in [2.05, 4.69) is 62.9 Å². The van der Waals surface area contributed by atoms with Crippen LogP contribution in [0.1, 0.15) is 35.5 Å². The fourth-order valence-corrected chi connectivity index (χ4v) is 4.52. The van der Waals surface area contributed by atoms with Crippen LogP contribution < -0.4 is 0 Å². The summed E-state index contributed by atoms with van der Waals surface area (Å²) in [7, 11) is 2.13. The van der Waals surface area contributed by atoms with Gasteiger partial charge >= 0.3 is 0 Å². The number of nitrogens with zero attached hydrogens (tertiary/aromatic N) is 5. The van der Waals surface area contributed by atoms with Gasteiger partial charge < -0.3 is 9.30 Å². The molecule has 4 rings (SSSR count). The highest BCUT2D eigenvalue weighted by Gasteiger charge is 2.21. The van der Waals surface area contributed by atoms with E-state index >= 15 is 0 Å². The van der Waals surface area contributed by atoms with Gasteiger partial charge in [-0.3, -0.25) is 9.88 Å². The highest BCUT2D eigenvalue weighted by molar-refractivity contribution is 7.98. The predicted molar refractivity (Wildman–Crippen MR) is 119 cm³/mol. The quantitative estimate of drug-likeness (QED) is 0.483. The van der Waals surface area contributed by atoms with Crippen LogP contribution in [0, 0.1) is 6.92 Å². The summed E-state index contributed by atoms with van der Waals surface area (Å²) in [6.07, 6.45) is 4.31. The van der Waals surface area contributed by atoms with Gasteiger partial charge in [0.15, 0.2) is 5.16 Å². The average molecular weight is 424 g/mol. The summed E-state index contributed by atoms with van der Waals surface area (Å²) in [5, 5.41) is 9.99. The maximum atomic E-state index is 5.90. The normalized spacial score (nSPS) is 16.4. The SMILES string of the molecule is Cc1ccc(CN(C)Cc2nnc(SCc3ccccn3)n2C[C@@H]2CCCO2)cc1. The molecule has 1 aliphatic heterocycles. The van der Waals surface area contributed by atoms with Crippen LogP contribution in [0.25, 0.3) is 0 Å². The Bertz CT molecular complexity index is 923. The van der Waals surface area contributed by atoms with Crippen LogP contribution in [0.4, 0.5) is 0 Å². The van der Waals surface area contributed by atoms with Gasteiger partial charge in [0.2, 0.25) is 0 Å². The van der Waals surface area contributed by atoms with Crippen molar-refractivity contribution in [3.05, 3.63) is 71.3 Å². The molecule has 0 aliphatic carbocycles. The van der Waals surface area contributed by atoms with Crippen molar-refractivity contribution in [2.45, 2.75) is 56.4 Å². The first kappa shape index (κ1) is 21.0. The van der Waals surface area contributed by atoms with Gasteiger partial charge in [-0.05, 0) is 44.5 Å². The van der Waals surface area contributed by atoms with E-state index in [4.69, 9.17) is 4.74 Å². The van der Waals surface area contributed by atoms with E-state index in [1.54, 1.807) is 11.8 Å². The molecule has 0 saturated carbocycles. The number of hydrogen-bond acceptors (Lipinski definition) is 6. The zero-order valence-electron chi connectivity index (χ0n) is 17.7. The third-order valence-electron chi connectivity index (χ3n) is 5.26. The smallest absolute Gasteiger partial charge is 0.191 e. The van der Waals surface area contributed by atoms with Gasteiger partial charge in [-0.1, -0.05) is 47.7 Å². The Balaban J connectivity index is 1.46. The second-order valence-electron chi connectivity index (χ2n) is 7.91. The maximum Gasteiger partial charge on any atom is 0.191 e. The number of aryl methyl sites for hydroxylation is 1. The Morgan fingerprint density at radius 3 is 2.73 bits per heavy atom. The molecule has 1 saturated heterocycles. The molecule has 3 heterocycles. The Hall–Kier alpha value is -2.22. The summed E-state index contributed by atoms with van der Waals surface area (Å²) in [5.74, 6) is 1.77. The summed E-state index contributed by atoms with van der Waals surface area (Å²) in [5.41, 5.74) is 3.64. The highest BCUT2D eigenvalue weighted by atomic mass is 32.2. The molecule has 2 aromatic heterocycles. The van der Waals surface area contributed by atoms with Gasteiger partial charge in [-0.15, -0.1) is 10.2 Å². The predicted octanol–water partition coefficient (Wildman–Crippen LogP) is 4.08. The van der Waals surface area contributed by atoms with Gasteiger partial charge in [-0.2, -0.15) is 0 Å². The van der Waals surface area contributed by atoms with Gasteiger partial charge in [0, 0.05) is 25.1 Å². The van der Waals surface area contributed by atoms with E-state index in [9.17, 15) is 0 Å². The molecule has 0 spiro atoms. The van der Waals surface area contributed by atoms with Crippen LogP contribution in [0.15, 0.2) is 53.8 Å². The molecule has 0 unspecified atom stereocenters. The van der Waals surface area contributed by atoms with Crippen LogP contribution in [-0.4, -0.2) is 44.4 Å². The first-order valence-electron chi connectivity index (χ1n) is 10.5. The number of hydrogen-bond donors (Lipinski definition) is 0. The fraction of sp³-hybridized carbons (Fsp3) is 0.435. The van der Waals surface area contributed by atoms with E-state index in [0.29, 0.717) is 0 Å². The zero-order chi connectivity index (χ0) is 20.8. The lowest BCUT2D eigenvalue weighted by Crippen LogP contribution is -2.23. The molecule has 30 heavy (non-hydrogen) atoms. The van der Waals surface area contributed by atoms with Crippen molar-refractivity contribution in [3.63, 3.8) is 0 Å². The molecule has 1 fully saturated rings. The van der Waals surface area contributed by atoms with Gasteiger partial charge in [0.05, 0.1) is 24.9 Å². The number of thioether (sulfide) groups is 1. The average Bonchev–Trinajstić information content (AvgIpc) is 3.40. The second kappa shape index (κ2) is 10.2. The number of rotatable bonds is 9. The van der Waals surface area contributed by atoms with E-state index in [0.717, 1.165) is 61.5 Å². The molecular weight excluding hydrogens is 394 g/mol. The zero-order valence-corrected chi connectivity index (χ0v) is 18.5. The van der Waals surface area contributed by atoms with Gasteiger partial charge in [0.25, 0.3) is 0 Å². The van der Waals surface area contributed by atoms with Crippen LogP contribution in [0.2, 0.25) is 0 Å². The number of ether oxygens (including phenoxy) is 1. The summed E-state index contributed by atoms with van der Waals surface area (Å²) < 4.78 is 8.14. The number of benzene rings is 1. The van der Waals surface area contributed by atoms with Crippen molar-refractivity contribution in [1.82, 2.24) is 24.6 Å². The first-order chi connectivity index (χ1) is 14.7. The summed E-state index contributed by atoms with van der Waals surface area (Å²) >= 11 is 1.69. The lowest BCUT2D eigenvalue weighted by atomic mass is 10.1. The number of pyridine rings is 1. The minimum absolute atomic E-state index is 0.247. The molecule has 3 aromatic rings. The third-order valence-corrected chi connectivity index (χ3v) is 6.26. The Morgan fingerprint density at radius 1 is 1.13 bits per heavy atom. The highest BCUT2D eigenvalue weighted by Crippen LogP contribution is 2.24. The van der Waals surface area contributed by atoms with Crippen molar-refractivity contribution >= 4 is 11.8 Å². The van der Waals surface area contributed by atoms with Crippen molar-refractivity contribution in [2.24, 2.45) is 0 Å². The largest absolute Gasteiger partial charge is 0.376 e. The van der Waals surface area contributed by atoms with Crippen LogP contribution in [-0.2, 0) is 30.1 Å². The van der Waals surface area contributed by atoms with E-state index in [-0.39, 0.29) is 6.10 Å². The lowest BCUT2D eigenvalue weighted by molar-refractivity contribution is 0.0934. The monoisotopic (exact) mass is 423 g/mol. The molecule has 6 nitrogen and oxygen atoms in total. The molecule has 7 heteroatoms. The molecular formula is C23H29N5OS. The topological polar surface area (TPSA) is 56.1 Å². The van der Waals surface area contributed by atoms with Crippen molar-refractivity contribution in [2.75, 3.05) is 13.7 Å². The lowest BCUT2D eigenvalue weighted by Gasteiger charge is -2.19. The van der Waals surface area contributed by atoms with E-state index in [1.807, 2.05) is 24.4 Å². The number of aromatic nitrogens is 4. The molecule has 0 bridgehead atoms. The molecule has 0 radical (unpaired) electrons. The summed E-state index contributed by atoms with van der Waals surface area (Å²) in [6, 6.07) is 14.7. The maximum absolute atomic E-state index is 5.90. The standard InChI is InChI=1S/C23H29N5OS/c1-18-8-10-19(11-9-18)14-27(2)16-22-25-26-23(28(22)15-21-7-5-13-29-21)30-17-20-6-3-4-12-24-20/h3-4,6,8-12,21H,5,7,13-17H2,1-2H3/t21-/m0/s1. The fourth-order valence-electron chi connectivity index (χ4n) is 3.64. The van der Waals surface area contributed by atoms with E-state index in [1.165, 1.54) is 11.1 Å². The minimum Gasteiger partial charge on any atom is -0.376 e. The van der Waals surface area contributed by atoms with Crippen LogP contribution >= 0.6 is 11.8 Å². The van der Waals surface area contributed by atoms with Crippen LogP contribution in [0.5, 0.6) is 0 Å². The summed E-state index contributed by atoms with van der Waals surface area (Å²) in [6.45, 7) is 5.41. The summed E-state index contributed by atoms with van der Waals surface area (Å²) in [4.78, 5) is 6.71. The molecule has 0 N–H and O–H groups in total. The Labute approximate surface area is 182 Å². The van der Waals surface area contributed by atoms with E-state index < -0.39 is 0 Å². The molecule has 1 aliphatic rings. The Kier molecular flexibility index (Phi) is 7.15. The van der Waals surface area contributed by atoms with Gasteiger partial charge in [-0.25, -0.2) is 0 Å². The van der Waals surface area contributed by atoms with Crippen molar-refractivity contribution in [1.29, 1.82) is 0 Å². The molecule has 0 amide bonds. The van der Waals surface area contributed by atoms with Gasteiger partial charge in [0.1, 0.15) is 5.82 Å². The molecule has 1 aromatic carbocycles. The first-order valence-corrected chi connectivity index (χ1v) is 11.5. The molecule has 1 atom stereocenters. The van der Waals surface area contributed by atoms with Crippen molar-refractivity contribution < 1.29 is 4.74 Å². The molecule has 158 valence electrons.